The van der Waals surface area contributed by atoms with Gasteiger partial charge in [0.25, 0.3) is 0 Å². The molecule has 0 aromatic carbocycles. The highest BCUT2D eigenvalue weighted by molar-refractivity contribution is 5.57. The second-order valence-electron chi connectivity index (χ2n) is 4.82. The van der Waals surface area contributed by atoms with Gasteiger partial charge in [0.2, 0.25) is 0 Å². The van der Waals surface area contributed by atoms with E-state index in [1.807, 2.05) is 13.0 Å². The molecule has 0 amide bonds. The third kappa shape index (κ3) is 2.46. The van der Waals surface area contributed by atoms with Gasteiger partial charge in [-0.1, -0.05) is 12.8 Å². The van der Waals surface area contributed by atoms with Gasteiger partial charge in [0, 0.05) is 12.7 Å². The normalized spacial score (nSPS) is 20.3. The number of hydrogen-bond donors (Lipinski definition) is 1. The fourth-order valence-corrected chi connectivity index (χ4v) is 2.55. The Morgan fingerprint density at radius 2 is 2.33 bits per heavy atom. The molecule has 2 heterocycles. The summed E-state index contributed by atoms with van der Waals surface area (Å²) in [6, 6.07) is 4.19. The second kappa shape index (κ2) is 5.83. The summed E-state index contributed by atoms with van der Waals surface area (Å²) in [6.07, 6.45) is 6.12. The van der Waals surface area contributed by atoms with E-state index in [-0.39, 0.29) is 12.6 Å². The molecule has 1 aliphatic rings. The molecule has 2 rings (SSSR count). The molecule has 1 saturated heterocycles. The molecule has 0 aliphatic carbocycles. The van der Waals surface area contributed by atoms with Crippen LogP contribution < -0.4 is 4.90 Å². The topological polar surface area (TPSA) is 60.1 Å². The van der Waals surface area contributed by atoms with Crippen LogP contribution in [0.4, 0.5) is 5.82 Å². The monoisotopic (exact) mass is 245 g/mol. The summed E-state index contributed by atoms with van der Waals surface area (Å²) in [7, 11) is 0. The van der Waals surface area contributed by atoms with Gasteiger partial charge in [-0.3, -0.25) is 0 Å². The first-order chi connectivity index (χ1) is 8.77. The number of anilines is 1. The van der Waals surface area contributed by atoms with Crippen molar-refractivity contribution in [3.63, 3.8) is 0 Å². The molecule has 4 heteroatoms. The first-order valence-corrected chi connectivity index (χ1v) is 6.51. The Kier molecular flexibility index (Phi) is 4.16. The van der Waals surface area contributed by atoms with Crippen molar-refractivity contribution in [2.24, 2.45) is 0 Å². The first kappa shape index (κ1) is 12.8. The number of nitrogens with zero attached hydrogens (tertiary/aromatic N) is 3. The number of pyridine rings is 1. The number of hydrogen-bond acceptors (Lipinski definition) is 4. The van der Waals surface area contributed by atoms with Crippen LogP contribution in [0.25, 0.3) is 0 Å². The Morgan fingerprint density at radius 1 is 1.50 bits per heavy atom. The third-order valence-corrected chi connectivity index (χ3v) is 3.61. The summed E-state index contributed by atoms with van der Waals surface area (Å²) in [5.41, 5.74) is 1.58. The minimum atomic E-state index is 0.0916. The van der Waals surface area contributed by atoms with Crippen molar-refractivity contribution in [1.29, 1.82) is 5.26 Å². The Morgan fingerprint density at radius 3 is 3.06 bits per heavy atom. The van der Waals surface area contributed by atoms with Crippen molar-refractivity contribution in [3.8, 4) is 6.07 Å². The zero-order chi connectivity index (χ0) is 13.0. The third-order valence-electron chi connectivity index (χ3n) is 3.61. The molecular weight excluding hydrogens is 226 g/mol. The van der Waals surface area contributed by atoms with Crippen molar-refractivity contribution in [3.05, 3.63) is 23.4 Å². The average molecular weight is 245 g/mol. The summed E-state index contributed by atoms with van der Waals surface area (Å²) < 4.78 is 0. The minimum Gasteiger partial charge on any atom is -0.394 e. The number of aliphatic hydroxyl groups excluding tert-OH is 1. The molecule has 1 aromatic rings. The van der Waals surface area contributed by atoms with Crippen LogP contribution in [0.5, 0.6) is 0 Å². The van der Waals surface area contributed by atoms with E-state index in [9.17, 15) is 10.4 Å². The fourth-order valence-electron chi connectivity index (χ4n) is 2.55. The number of aromatic nitrogens is 1. The number of nitriles is 1. The molecular formula is C14H19N3O. The summed E-state index contributed by atoms with van der Waals surface area (Å²) in [5.74, 6) is 0.735. The van der Waals surface area contributed by atoms with Gasteiger partial charge in [-0.15, -0.1) is 0 Å². The van der Waals surface area contributed by atoms with Crippen molar-refractivity contribution in [2.75, 3.05) is 18.1 Å². The molecule has 0 radical (unpaired) electrons. The van der Waals surface area contributed by atoms with Gasteiger partial charge in [-0.2, -0.15) is 5.26 Å². The van der Waals surface area contributed by atoms with Crippen molar-refractivity contribution in [2.45, 2.75) is 38.6 Å². The van der Waals surface area contributed by atoms with Crippen molar-refractivity contribution < 1.29 is 5.11 Å². The molecule has 0 bridgehead atoms. The van der Waals surface area contributed by atoms with Crippen LogP contribution in [0, 0.1) is 18.3 Å². The molecule has 1 atom stereocenters. The van der Waals surface area contributed by atoms with Gasteiger partial charge < -0.3 is 10.0 Å². The van der Waals surface area contributed by atoms with E-state index in [1.54, 1.807) is 6.20 Å². The summed E-state index contributed by atoms with van der Waals surface area (Å²) in [5, 5.41) is 18.8. The molecule has 1 fully saturated rings. The van der Waals surface area contributed by atoms with Crippen LogP contribution in [0.15, 0.2) is 12.3 Å². The average Bonchev–Trinajstić information content (AvgIpc) is 2.63. The van der Waals surface area contributed by atoms with E-state index in [4.69, 9.17) is 0 Å². The molecule has 1 unspecified atom stereocenters. The highest BCUT2D eigenvalue weighted by Gasteiger charge is 2.24. The van der Waals surface area contributed by atoms with E-state index < -0.39 is 0 Å². The summed E-state index contributed by atoms with van der Waals surface area (Å²) >= 11 is 0. The highest BCUT2D eigenvalue weighted by Crippen LogP contribution is 2.26. The molecule has 4 nitrogen and oxygen atoms in total. The standard InChI is InChI=1S/C14H19N3O/c1-11-6-7-16-14(13(11)9-15)17-8-4-2-3-5-12(17)10-18/h6-7,12,18H,2-5,8,10H2,1H3. The zero-order valence-electron chi connectivity index (χ0n) is 10.8. The van der Waals surface area contributed by atoms with E-state index >= 15 is 0 Å². The quantitative estimate of drug-likeness (QED) is 0.865. The van der Waals surface area contributed by atoms with Gasteiger partial charge in [0.15, 0.2) is 0 Å². The van der Waals surface area contributed by atoms with Gasteiger partial charge in [-0.05, 0) is 31.4 Å². The molecule has 0 spiro atoms. The summed E-state index contributed by atoms with van der Waals surface area (Å²) in [6.45, 7) is 2.92. The molecule has 0 saturated carbocycles. The SMILES string of the molecule is Cc1ccnc(N2CCCCCC2CO)c1C#N. The van der Waals surface area contributed by atoms with Crippen molar-refractivity contribution >= 4 is 5.82 Å². The van der Waals surface area contributed by atoms with E-state index in [0.29, 0.717) is 5.56 Å². The first-order valence-electron chi connectivity index (χ1n) is 6.51. The Hall–Kier alpha value is -1.60. The lowest BCUT2D eigenvalue weighted by molar-refractivity contribution is 0.254. The minimum absolute atomic E-state index is 0.0916. The lowest BCUT2D eigenvalue weighted by Gasteiger charge is -2.30. The Labute approximate surface area is 108 Å². The Bertz CT molecular complexity index is 453. The van der Waals surface area contributed by atoms with Gasteiger partial charge in [0.1, 0.15) is 11.9 Å². The van der Waals surface area contributed by atoms with Crippen molar-refractivity contribution in [1.82, 2.24) is 4.98 Å². The van der Waals surface area contributed by atoms with Gasteiger partial charge >= 0.3 is 0 Å². The van der Waals surface area contributed by atoms with Crippen LogP contribution in [0.3, 0.4) is 0 Å². The maximum absolute atomic E-state index is 9.53. The zero-order valence-corrected chi connectivity index (χ0v) is 10.8. The number of aliphatic hydroxyl groups is 1. The lowest BCUT2D eigenvalue weighted by Crippen LogP contribution is -2.38. The van der Waals surface area contributed by atoms with Gasteiger partial charge in [-0.25, -0.2) is 4.98 Å². The van der Waals surface area contributed by atoms with Crippen LogP contribution >= 0.6 is 0 Å². The smallest absolute Gasteiger partial charge is 0.147 e. The predicted octanol–water partition coefficient (Wildman–Crippen LogP) is 2.00. The number of aryl methyl sites for hydroxylation is 1. The largest absolute Gasteiger partial charge is 0.394 e. The van der Waals surface area contributed by atoms with Crippen LogP contribution in [0.1, 0.15) is 36.8 Å². The van der Waals surface area contributed by atoms with Gasteiger partial charge in [0.05, 0.1) is 18.2 Å². The Balaban J connectivity index is 2.39. The predicted molar refractivity (Wildman–Crippen MR) is 70.4 cm³/mol. The maximum atomic E-state index is 9.53. The second-order valence-corrected chi connectivity index (χ2v) is 4.82. The highest BCUT2D eigenvalue weighted by atomic mass is 16.3. The maximum Gasteiger partial charge on any atom is 0.147 e. The van der Waals surface area contributed by atoms with E-state index in [1.165, 1.54) is 6.42 Å². The molecule has 1 aromatic heterocycles. The fraction of sp³-hybridized carbons (Fsp3) is 0.571. The van der Waals surface area contributed by atoms with Crippen LogP contribution in [-0.4, -0.2) is 29.3 Å². The molecule has 1 N–H and O–H groups in total. The van der Waals surface area contributed by atoms with Crippen LogP contribution in [0.2, 0.25) is 0 Å². The summed E-state index contributed by atoms with van der Waals surface area (Å²) in [4.78, 5) is 6.48. The molecule has 1 aliphatic heterocycles. The number of rotatable bonds is 2. The lowest BCUT2D eigenvalue weighted by atomic mass is 10.1. The molecule has 18 heavy (non-hydrogen) atoms. The van der Waals surface area contributed by atoms with Crippen LogP contribution in [-0.2, 0) is 0 Å². The van der Waals surface area contributed by atoms with E-state index in [2.05, 4.69) is 16.0 Å². The van der Waals surface area contributed by atoms with E-state index in [0.717, 1.165) is 37.2 Å². The molecule has 96 valence electrons.